The van der Waals surface area contributed by atoms with E-state index in [1.165, 1.54) is 112 Å². The molecule has 0 N–H and O–H groups in total. The summed E-state index contributed by atoms with van der Waals surface area (Å²) in [4.78, 5) is 8.14. The Morgan fingerprint density at radius 2 is 1.08 bits per heavy atom. The molecule has 1 aromatic heterocycles. The molecular weight excluding hydrogens is 930 g/mol. The van der Waals surface area contributed by atoms with Crippen molar-refractivity contribution >= 4 is 72.5 Å². The fraction of sp³-hybridized carbons (Fsp3) is 0.391. The van der Waals surface area contributed by atoms with Gasteiger partial charge in [-0.15, -0.1) is 11.3 Å². The first kappa shape index (κ1) is 48.7. The Balaban J connectivity index is 1.18. The topological polar surface area (TPSA) is 19.0 Å². The molecule has 0 saturated carbocycles. The minimum atomic E-state index is -0.0658. The number of hydrogen-bond donors (Lipinski definition) is 0. The van der Waals surface area contributed by atoms with Crippen LogP contribution in [0.15, 0.2) is 138 Å². The van der Waals surface area contributed by atoms with Gasteiger partial charge in [0.15, 0.2) is 11.5 Å². The summed E-state index contributed by atoms with van der Waals surface area (Å²) in [5.41, 5.74) is 23.2. The molecule has 382 valence electrons. The van der Waals surface area contributed by atoms with Crippen molar-refractivity contribution in [2.45, 2.75) is 174 Å². The van der Waals surface area contributed by atoms with E-state index in [2.05, 4.69) is 240 Å². The molecule has 4 nitrogen and oxygen atoms in total. The Bertz CT molecular complexity index is 3580. The van der Waals surface area contributed by atoms with Crippen molar-refractivity contribution in [3.8, 4) is 11.5 Å². The Kier molecular flexibility index (Phi) is 10.4. The fourth-order valence-corrected chi connectivity index (χ4v) is 15.4. The molecule has 0 bridgehead atoms. The lowest BCUT2D eigenvalue weighted by Crippen LogP contribution is -2.58. The van der Waals surface area contributed by atoms with Gasteiger partial charge in [-0.25, -0.2) is 0 Å². The molecule has 75 heavy (non-hydrogen) atoms. The summed E-state index contributed by atoms with van der Waals surface area (Å²) in [6.07, 6.45) is 8.15. The minimum Gasteiger partial charge on any atom is -0.453 e. The van der Waals surface area contributed by atoms with E-state index in [1.54, 1.807) is 0 Å². The average Bonchev–Trinajstić information content (AvgIpc) is 3.79. The second kappa shape index (κ2) is 16.0. The number of thiophene rings is 1. The van der Waals surface area contributed by atoms with Crippen LogP contribution in [0.2, 0.25) is 0 Å². The third-order valence-corrected chi connectivity index (χ3v) is 20.2. The van der Waals surface area contributed by atoms with E-state index in [0.717, 1.165) is 42.1 Å². The normalized spacial score (nSPS) is 20.5. The highest BCUT2D eigenvalue weighted by molar-refractivity contribution is 7.32. The van der Waals surface area contributed by atoms with Crippen LogP contribution < -0.4 is 29.7 Å². The standard InChI is InChI=1S/C69H76BN3OS/c1-41-34-47-49(68(12,13)32-30-66(47,8)9)39-54(41)73-55-40-50-48(67(10,11)31-33-69(50,14)15)38-51(55)70-61-56(36-45(37-57(61)73)71-52-20-16-18-22-58(52)74-59-23-19-17-21-53(59)71)72(44-27-24-42(25-28-44)64(2,3)4)62-46-35-43(65(5,6)7)26-29-60(46)75-63(62)70/h16-29,34-36,38-40,45H,30-33,37H2,1-15H3. The molecule has 6 aliphatic rings. The van der Waals surface area contributed by atoms with Gasteiger partial charge < -0.3 is 19.4 Å². The van der Waals surface area contributed by atoms with Gasteiger partial charge in [0, 0.05) is 49.7 Å². The summed E-state index contributed by atoms with van der Waals surface area (Å²) < 4.78 is 9.56. The number of rotatable bonds is 3. The highest BCUT2D eigenvalue weighted by Gasteiger charge is 2.52. The predicted molar refractivity (Wildman–Crippen MR) is 322 cm³/mol. The summed E-state index contributed by atoms with van der Waals surface area (Å²) in [5.74, 6) is 1.79. The summed E-state index contributed by atoms with van der Waals surface area (Å²) in [5, 5.41) is 1.34. The van der Waals surface area contributed by atoms with Crippen molar-refractivity contribution in [1.29, 1.82) is 0 Å². The van der Waals surface area contributed by atoms with E-state index in [1.807, 2.05) is 11.3 Å². The van der Waals surface area contributed by atoms with Gasteiger partial charge in [0.2, 0.25) is 0 Å². The number of allylic oxidation sites excluding steroid dienone is 1. The van der Waals surface area contributed by atoms with Gasteiger partial charge in [-0.3, -0.25) is 0 Å². The van der Waals surface area contributed by atoms with Crippen LogP contribution in [0.5, 0.6) is 11.5 Å². The highest BCUT2D eigenvalue weighted by atomic mass is 32.1. The van der Waals surface area contributed by atoms with E-state index >= 15 is 0 Å². The molecule has 0 saturated heterocycles. The number of benzene rings is 6. The molecule has 1 atom stereocenters. The van der Waals surface area contributed by atoms with Crippen molar-refractivity contribution in [2.24, 2.45) is 0 Å². The molecule has 7 aromatic rings. The van der Waals surface area contributed by atoms with Crippen molar-refractivity contribution < 1.29 is 4.74 Å². The van der Waals surface area contributed by atoms with Crippen LogP contribution in [0.4, 0.5) is 34.1 Å². The van der Waals surface area contributed by atoms with Crippen molar-refractivity contribution in [3.05, 3.63) is 177 Å². The maximum absolute atomic E-state index is 6.78. The third kappa shape index (κ3) is 7.34. The lowest BCUT2D eigenvalue weighted by atomic mass is 9.34. The van der Waals surface area contributed by atoms with Gasteiger partial charge >= 0.3 is 0 Å². The van der Waals surface area contributed by atoms with E-state index in [4.69, 9.17) is 4.74 Å². The lowest BCUT2D eigenvalue weighted by Gasteiger charge is -2.51. The number of para-hydroxylation sites is 4. The highest BCUT2D eigenvalue weighted by Crippen LogP contribution is 2.58. The van der Waals surface area contributed by atoms with E-state index in [0.29, 0.717) is 0 Å². The van der Waals surface area contributed by atoms with Crippen LogP contribution in [-0.2, 0) is 32.5 Å². The Morgan fingerprint density at radius 3 is 1.65 bits per heavy atom. The lowest BCUT2D eigenvalue weighted by molar-refractivity contribution is 0.331. The van der Waals surface area contributed by atoms with Gasteiger partial charge in [0.25, 0.3) is 6.71 Å². The number of fused-ring (bicyclic) bond motifs is 10. The first-order valence-electron chi connectivity index (χ1n) is 28.1. The summed E-state index contributed by atoms with van der Waals surface area (Å²) >= 11 is 2.03. The van der Waals surface area contributed by atoms with E-state index in [9.17, 15) is 0 Å². The summed E-state index contributed by atoms with van der Waals surface area (Å²) in [7, 11) is 0. The summed E-state index contributed by atoms with van der Waals surface area (Å²) in [6, 6.07) is 45.0. The van der Waals surface area contributed by atoms with Gasteiger partial charge in [-0.1, -0.05) is 152 Å². The van der Waals surface area contributed by atoms with Crippen LogP contribution in [0, 0.1) is 6.92 Å². The zero-order valence-electron chi connectivity index (χ0n) is 47.4. The van der Waals surface area contributed by atoms with Gasteiger partial charge in [0.1, 0.15) is 0 Å². The quantitative estimate of drug-likeness (QED) is 0.164. The van der Waals surface area contributed by atoms with Gasteiger partial charge in [0.05, 0.1) is 23.1 Å². The predicted octanol–water partition coefficient (Wildman–Crippen LogP) is 17.8. The van der Waals surface area contributed by atoms with Crippen LogP contribution in [0.1, 0.15) is 168 Å². The molecule has 0 radical (unpaired) electrons. The second-order valence-corrected chi connectivity index (χ2v) is 29.0. The maximum Gasteiger partial charge on any atom is 0.264 e. The summed E-state index contributed by atoms with van der Waals surface area (Å²) in [6.45, 7) is 36.4. The number of anilines is 6. The Morgan fingerprint density at radius 1 is 0.560 bits per heavy atom. The van der Waals surface area contributed by atoms with Crippen molar-refractivity contribution in [3.63, 3.8) is 0 Å². The molecule has 13 rings (SSSR count). The molecule has 6 aromatic carbocycles. The molecule has 4 heterocycles. The largest absolute Gasteiger partial charge is 0.453 e. The number of ether oxygens (including phenoxy) is 1. The smallest absolute Gasteiger partial charge is 0.264 e. The zero-order chi connectivity index (χ0) is 52.7. The molecule has 0 spiro atoms. The SMILES string of the molecule is Cc1cc2c(cc1N1C3=C4B(c5cc6c(cc51)C(C)(C)CCC6(C)C)c1sc5ccc(C(C)(C)C)cc5c1N(c1ccc(C(C)(C)C)cc1)C4=CC(N1c4ccccc4Oc4ccccc41)C3)C(C)(C)CCC2(C)C. The second-order valence-electron chi connectivity index (χ2n) is 27.9. The molecule has 3 aliphatic carbocycles. The molecule has 3 aliphatic heterocycles. The maximum atomic E-state index is 6.78. The molecule has 6 heteroatoms. The first-order valence-corrected chi connectivity index (χ1v) is 28.9. The van der Waals surface area contributed by atoms with E-state index in [-0.39, 0.29) is 45.2 Å². The number of hydrogen-bond acceptors (Lipinski definition) is 5. The third-order valence-electron chi connectivity index (χ3n) is 18.9. The van der Waals surface area contributed by atoms with Gasteiger partial charge in [-0.2, -0.15) is 0 Å². The first-order chi connectivity index (χ1) is 35.3. The van der Waals surface area contributed by atoms with Gasteiger partial charge in [-0.05, 0) is 182 Å². The van der Waals surface area contributed by atoms with Crippen molar-refractivity contribution in [2.75, 3.05) is 14.7 Å². The average molecular weight is 1010 g/mol. The molecule has 0 fully saturated rings. The Hall–Kier alpha value is -5.98. The Labute approximate surface area is 452 Å². The van der Waals surface area contributed by atoms with E-state index < -0.39 is 0 Å². The molecule has 0 amide bonds. The van der Waals surface area contributed by atoms with Crippen LogP contribution in [0.3, 0.4) is 0 Å². The van der Waals surface area contributed by atoms with Crippen LogP contribution in [-0.4, -0.2) is 12.8 Å². The fourth-order valence-electron chi connectivity index (χ4n) is 14.1. The monoisotopic (exact) mass is 1010 g/mol. The van der Waals surface area contributed by atoms with Crippen LogP contribution >= 0.6 is 11.3 Å². The molecular formula is C69H76BN3OS. The van der Waals surface area contributed by atoms with Crippen molar-refractivity contribution in [1.82, 2.24) is 0 Å². The number of nitrogens with zero attached hydrogens (tertiary/aromatic N) is 3. The zero-order valence-corrected chi connectivity index (χ0v) is 48.2. The molecule has 1 unspecified atom stereocenters. The minimum absolute atomic E-state index is 0.0148. The number of aryl methyl sites for hydroxylation is 1. The van der Waals surface area contributed by atoms with Crippen LogP contribution in [0.25, 0.3) is 10.1 Å².